The summed E-state index contributed by atoms with van der Waals surface area (Å²) < 4.78 is 0. The molecule has 1 fully saturated rings. The Labute approximate surface area is 197 Å². The lowest BCUT2D eigenvalue weighted by Gasteiger charge is -2.43. The van der Waals surface area contributed by atoms with E-state index in [9.17, 15) is 4.79 Å². The predicted octanol–water partition coefficient (Wildman–Crippen LogP) is 5.61. The van der Waals surface area contributed by atoms with Gasteiger partial charge in [0.25, 0.3) is 0 Å². The van der Waals surface area contributed by atoms with Gasteiger partial charge in [-0.15, -0.1) is 0 Å². The Hall–Kier alpha value is -3.24. The van der Waals surface area contributed by atoms with Crippen LogP contribution in [-0.4, -0.2) is 35.4 Å². The molecule has 4 nitrogen and oxygen atoms in total. The summed E-state index contributed by atoms with van der Waals surface area (Å²) in [5, 5.41) is 2.86. The summed E-state index contributed by atoms with van der Waals surface area (Å²) in [4.78, 5) is 18.7. The maximum absolute atomic E-state index is 11.7. The minimum Gasteiger partial charge on any atom is -0.321 e. The molecule has 170 valence electrons. The van der Waals surface area contributed by atoms with Gasteiger partial charge in [-0.1, -0.05) is 67.2 Å². The fourth-order valence-electron chi connectivity index (χ4n) is 4.98. The van der Waals surface area contributed by atoms with Gasteiger partial charge in [-0.2, -0.15) is 0 Å². The van der Waals surface area contributed by atoms with Crippen LogP contribution in [0.3, 0.4) is 0 Å². The van der Waals surface area contributed by atoms with Crippen molar-refractivity contribution in [1.29, 1.82) is 0 Å². The normalized spacial score (nSPS) is 15.6. The fourth-order valence-corrected chi connectivity index (χ4v) is 4.98. The number of nitrogens with zero attached hydrogens (tertiary/aromatic N) is 2. The Balaban J connectivity index is 1.32. The fraction of sp³-hybridized carbons (Fsp3) is 0.310. The first-order valence-electron chi connectivity index (χ1n) is 11.9. The number of piperidine rings is 1. The lowest BCUT2D eigenvalue weighted by atomic mass is 9.68. The third-order valence-corrected chi connectivity index (χ3v) is 6.83. The number of unbranched alkanes of at least 4 members (excludes halogenated alkanes) is 1. The molecule has 1 amide bonds. The predicted molar refractivity (Wildman–Crippen MR) is 135 cm³/mol. The van der Waals surface area contributed by atoms with E-state index in [1.54, 1.807) is 6.20 Å². The van der Waals surface area contributed by atoms with Gasteiger partial charge < -0.3 is 10.2 Å². The van der Waals surface area contributed by atoms with E-state index < -0.39 is 0 Å². The van der Waals surface area contributed by atoms with Crippen molar-refractivity contribution in [3.8, 4) is 0 Å². The lowest BCUT2D eigenvalue weighted by Crippen LogP contribution is -2.43. The largest absolute Gasteiger partial charge is 0.321 e. The summed E-state index contributed by atoms with van der Waals surface area (Å²) >= 11 is 0. The van der Waals surface area contributed by atoms with E-state index in [4.69, 9.17) is 0 Å². The van der Waals surface area contributed by atoms with Crippen molar-refractivity contribution in [1.82, 2.24) is 9.88 Å². The van der Waals surface area contributed by atoms with Gasteiger partial charge in [-0.05, 0) is 81.1 Å². The van der Waals surface area contributed by atoms with Crippen molar-refractivity contribution in [3.05, 3.63) is 108 Å². The van der Waals surface area contributed by atoms with Gasteiger partial charge in [0, 0.05) is 11.6 Å². The molecule has 1 aliphatic heterocycles. The number of nitrogens with one attached hydrogen (secondary N) is 1. The second kappa shape index (κ2) is 11.1. The van der Waals surface area contributed by atoms with Crippen LogP contribution in [0.15, 0.2) is 91.6 Å². The van der Waals surface area contributed by atoms with Crippen LogP contribution in [0, 0.1) is 0 Å². The molecule has 4 heteroatoms. The maximum Gasteiger partial charge on any atom is 0.247 e. The number of rotatable bonds is 9. The summed E-state index contributed by atoms with van der Waals surface area (Å²) in [7, 11) is 0. The number of aromatic nitrogens is 1. The molecule has 1 saturated heterocycles. The number of likely N-dealkylation sites (tertiary alicyclic amines) is 1. The molecule has 2 aromatic carbocycles. The second-order valence-electron chi connectivity index (χ2n) is 8.80. The maximum atomic E-state index is 11.7. The first-order valence-corrected chi connectivity index (χ1v) is 11.9. The smallest absolute Gasteiger partial charge is 0.247 e. The number of anilines is 1. The zero-order valence-electron chi connectivity index (χ0n) is 19.2. The van der Waals surface area contributed by atoms with E-state index in [1.807, 2.05) is 12.1 Å². The summed E-state index contributed by atoms with van der Waals surface area (Å²) in [6.45, 7) is 6.83. The SMILES string of the molecule is C=CC(=O)Nc1cccnc1CCCCN1CCC(c2ccccc2)(c2ccccc2)CC1. The van der Waals surface area contributed by atoms with Crippen molar-refractivity contribution >= 4 is 11.6 Å². The van der Waals surface area contributed by atoms with Gasteiger partial charge >= 0.3 is 0 Å². The van der Waals surface area contributed by atoms with Gasteiger partial charge in [0.1, 0.15) is 0 Å². The van der Waals surface area contributed by atoms with Gasteiger partial charge in [-0.3, -0.25) is 9.78 Å². The molecular formula is C29H33N3O. The number of benzene rings is 2. The van der Waals surface area contributed by atoms with Gasteiger partial charge in [-0.25, -0.2) is 0 Å². The Morgan fingerprint density at radius 2 is 1.58 bits per heavy atom. The van der Waals surface area contributed by atoms with E-state index in [-0.39, 0.29) is 11.3 Å². The zero-order valence-corrected chi connectivity index (χ0v) is 19.2. The zero-order chi connectivity index (χ0) is 22.9. The van der Waals surface area contributed by atoms with Crippen LogP contribution in [0.2, 0.25) is 0 Å². The van der Waals surface area contributed by atoms with E-state index in [0.29, 0.717) is 0 Å². The molecule has 1 aliphatic rings. The molecule has 0 atom stereocenters. The first-order chi connectivity index (χ1) is 16.2. The molecule has 0 saturated carbocycles. The van der Waals surface area contributed by atoms with Crippen molar-refractivity contribution in [2.45, 2.75) is 37.5 Å². The molecule has 0 aliphatic carbocycles. The lowest BCUT2D eigenvalue weighted by molar-refractivity contribution is -0.111. The van der Waals surface area contributed by atoms with Crippen molar-refractivity contribution in [2.24, 2.45) is 0 Å². The van der Waals surface area contributed by atoms with E-state index in [1.165, 1.54) is 17.2 Å². The minimum atomic E-state index is -0.196. The summed E-state index contributed by atoms with van der Waals surface area (Å²) in [6, 6.07) is 25.8. The van der Waals surface area contributed by atoms with E-state index >= 15 is 0 Å². The van der Waals surface area contributed by atoms with Crippen LogP contribution in [0.5, 0.6) is 0 Å². The van der Waals surface area contributed by atoms with Crippen LogP contribution >= 0.6 is 0 Å². The number of carbonyl (C=O) groups excluding carboxylic acids is 1. The Kier molecular flexibility index (Phi) is 7.69. The molecule has 3 aromatic rings. The quantitative estimate of drug-likeness (QED) is 0.348. The monoisotopic (exact) mass is 439 g/mol. The third kappa shape index (κ3) is 5.58. The van der Waals surface area contributed by atoms with Gasteiger partial charge in [0.05, 0.1) is 11.4 Å². The van der Waals surface area contributed by atoms with Crippen molar-refractivity contribution < 1.29 is 4.79 Å². The topological polar surface area (TPSA) is 45.2 Å². The molecule has 2 heterocycles. The Morgan fingerprint density at radius 1 is 0.939 bits per heavy atom. The average molecular weight is 440 g/mol. The van der Waals surface area contributed by atoms with Crippen LogP contribution in [0.25, 0.3) is 0 Å². The summed E-state index contributed by atoms with van der Waals surface area (Å²) in [5.74, 6) is -0.196. The van der Waals surface area contributed by atoms with E-state index in [0.717, 1.165) is 63.1 Å². The molecule has 4 rings (SSSR count). The molecule has 0 radical (unpaired) electrons. The minimum absolute atomic E-state index is 0.102. The van der Waals surface area contributed by atoms with Crippen molar-refractivity contribution in [3.63, 3.8) is 0 Å². The first kappa shape index (κ1) is 22.9. The molecule has 1 aromatic heterocycles. The van der Waals surface area contributed by atoms with E-state index in [2.05, 4.69) is 82.4 Å². The number of hydrogen-bond acceptors (Lipinski definition) is 3. The van der Waals surface area contributed by atoms with Crippen LogP contribution in [0.1, 0.15) is 42.5 Å². The number of carbonyl (C=O) groups is 1. The number of amides is 1. The van der Waals surface area contributed by atoms with Crippen LogP contribution in [-0.2, 0) is 16.6 Å². The van der Waals surface area contributed by atoms with Crippen LogP contribution < -0.4 is 5.32 Å². The van der Waals surface area contributed by atoms with Gasteiger partial charge in [0.2, 0.25) is 5.91 Å². The Morgan fingerprint density at radius 3 is 2.18 bits per heavy atom. The number of aryl methyl sites for hydroxylation is 1. The summed E-state index contributed by atoms with van der Waals surface area (Å²) in [6.07, 6.45) is 8.38. The molecular weight excluding hydrogens is 406 g/mol. The second-order valence-corrected chi connectivity index (χ2v) is 8.80. The molecule has 33 heavy (non-hydrogen) atoms. The number of hydrogen-bond donors (Lipinski definition) is 1. The van der Waals surface area contributed by atoms with Crippen LogP contribution in [0.4, 0.5) is 5.69 Å². The summed E-state index contributed by atoms with van der Waals surface area (Å²) in [5.41, 5.74) is 4.69. The molecule has 0 spiro atoms. The average Bonchev–Trinajstić information content (AvgIpc) is 2.89. The molecule has 0 unspecified atom stereocenters. The molecule has 1 N–H and O–H groups in total. The highest BCUT2D eigenvalue weighted by atomic mass is 16.1. The Bertz CT molecular complexity index is 999. The van der Waals surface area contributed by atoms with Crippen molar-refractivity contribution in [2.75, 3.05) is 25.0 Å². The molecule has 0 bridgehead atoms. The van der Waals surface area contributed by atoms with Gasteiger partial charge in [0.15, 0.2) is 0 Å². The highest BCUT2D eigenvalue weighted by molar-refractivity contribution is 5.99. The standard InChI is InChI=1S/C29H33N3O/c1-2-28(33)31-27-17-11-20-30-26(27)16-9-10-21-32-22-18-29(19-23-32,24-12-5-3-6-13-24)25-14-7-4-8-15-25/h2-8,11-15,17,20H,1,9-10,16,18-19,21-23H2,(H,31,33). The highest BCUT2D eigenvalue weighted by Gasteiger charge is 2.37. The third-order valence-electron chi connectivity index (χ3n) is 6.83. The highest BCUT2D eigenvalue weighted by Crippen LogP contribution is 2.41. The number of pyridine rings is 1.